The molecule has 0 spiro atoms. The highest BCUT2D eigenvalue weighted by molar-refractivity contribution is 6.05. The number of hydrogen-bond acceptors (Lipinski definition) is 7. The van der Waals surface area contributed by atoms with Crippen LogP contribution in [0, 0.1) is 23.1 Å². The molecular formula is C32H31FN6O3. The van der Waals surface area contributed by atoms with E-state index in [0.717, 1.165) is 49.2 Å². The summed E-state index contributed by atoms with van der Waals surface area (Å²) in [5.41, 5.74) is 4.51. The van der Waals surface area contributed by atoms with Gasteiger partial charge in [-0.1, -0.05) is 24.3 Å². The Morgan fingerprint density at radius 2 is 1.88 bits per heavy atom. The number of carbonyl (C=O) groups excluding carboxylic acids is 3. The van der Waals surface area contributed by atoms with Gasteiger partial charge < -0.3 is 15.1 Å². The summed E-state index contributed by atoms with van der Waals surface area (Å²) < 4.78 is 15.0. The van der Waals surface area contributed by atoms with Gasteiger partial charge in [-0.05, 0) is 72.7 Å². The molecule has 3 aliphatic rings. The number of amides is 3. The fraction of sp³-hybridized carbons (Fsp3) is 0.344. The van der Waals surface area contributed by atoms with Crippen molar-refractivity contribution in [3.8, 4) is 17.2 Å². The van der Waals surface area contributed by atoms with Crippen LogP contribution in [0.4, 0.5) is 10.2 Å². The number of nitrogens with zero attached hydrogens (tertiary/aromatic N) is 4. The maximum absolute atomic E-state index is 15.0. The van der Waals surface area contributed by atoms with Crippen molar-refractivity contribution in [1.82, 2.24) is 20.5 Å². The smallest absolute Gasteiger partial charge is 0.255 e. The highest BCUT2D eigenvalue weighted by Gasteiger charge is 2.39. The molecule has 214 valence electrons. The summed E-state index contributed by atoms with van der Waals surface area (Å²) in [7, 11) is 0. The van der Waals surface area contributed by atoms with E-state index in [-0.39, 0.29) is 24.1 Å². The Bertz CT molecular complexity index is 1590. The molecule has 1 unspecified atom stereocenters. The molecule has 2 saturated heterocycles. The second kappa shape index (κ2) is 11.7. The first-order valence-corrected chi connectivity index (χ1v) is 14.3. The normalized spacial score (nSPS) is 19.0. The number of nitriles is 1. The molecule has 2 aromatic carbocycles. The number of piperidine rings is 2. The topological polar surface area (TPSA) is 118 Å². The molecule has 10 heteroatoms. The van der Waals surface area contributed by atoms with Gasteiger partial charge in [0, 0.05) is 49.9 Å². The van der Waals surface area contributed by atoms with E-state index < -0.39 is 11.9 Å². The van der Waals surface area contributed by atoms with E-state index in [4.69, 9.17) is 5.26 Å². The molecule has 42 heavy (non-hydrogen) atoms. The van der Waals surface area contributed by atoms with Crippen molar-refractivity contribution in [3.05, 3.63) is 82.8 Å². The van der Waals surface area contributed by atoms with Crippen LogP contribution in [-0.2, 0) is 22.7 Å². The monoisotopic (exact) mass is 566 g/mol. The Labute approximate surface area is 243 Å². The second-order valence-electron chi connectivity index (χ2n) is 11.2. The fourth-order valence-electron chi connectivity index (χ4n) is 6.10. The van der Waals surface area contributed by atoms with Crippen LogP contribution < -0.4 is 15.5 Å². The fourth-order valence-corrected chi connectivity index (χ4v) is 6.10. The minimum Gasteiger partial charge on any atom is -0.354 e. The first-order chi connectivity index (χ1) is 20.4. The quantitative estimate of drug-likeness (QED) is 0.420. The van der Waals surface area contributed by atoms with Crippen LogP contribution in [0.5, 0.6) is 0 Å². The molecule has 0 saturated carbocycles. The number of imide groups is 1. The molecule has 3 amide bonds. The van der Waals surface area contributed by atoms with Crippen molar-refractivity contribution in [2.45, 2.75) is 44.8 Å². The molecule has 1 aromatic heterocycles. The number of carbonyl (C=O) groups is 3. The number of rotatable bonds is 7. The van der Waals surface area contributed by atoms with Gasteiger partial charge in [-0.25, -0.2) is 9.37 Å². The van der Waals surface area contributed by atoms with E-state index in [1.54, 1.807) is 29.3 Å². The third kappa shape index (κ3) is 5.60. The highest BCUT2D eigenvalue weighted by Crippen LogP contribution is 2.30. The molecule has 9 nitrogen and oxygen atoms in total. The molecule has 3 aliphatic heterocycles. The summed E-state index contributed by atoms with van der Waals surface area (Å²) in [6.07, 6.45) is 4.08. The van der Waals surface area contributed by atoms with Gasteiger partial charge in [-0.2, -0.15) is 5.26 Å². The first-order valence-electron chi connectivity index (χ1n) is 14.3. The van der Waals surface area contributed by atoms with E-state index in [1.807, 2.05) is 29.2 Å². The predicted molar refractivity (Wildman–Crippen MR) is 153 cm³/mol. The van der Waals surface area contributed by atoms with Gasteiger partial charge in [0.1, 0.15) is 6.04 Å². The molecule has 3 aromatic rings. The summed E-state index contributed by atoms with van der Waals surface area (Å²) in [5, 5.41) is 15.0. The van der Waals surface area contributed by atoms with E-state index in [0.29, 0.717) is 47.9 Å². The van der Waals surface area contributed by atoms with Crippen LogP contribution in [0.1, 0.15) is 52.7 Å². The van der Waals surface area contributed by atoms with Crippen molar-refractivity contribution in [2.75, 3.05) is 24.5 Å². The Kier molecular flexibility index (Phi) is 7.68. The largest absolute Gasteiger partial charge is 0.354 e. The SMILES string of the molecule is N#Cc1cccc(-c2cnc(N3CCC(CNCc4ccc5c(c4)CN(C4CCC(=O)NC4=O)C5=O)CC3)c(F)c2)c1. The van der Waals surface area contributed by atoms with Crippen LogP contribution in [0.25, 0.3) is 11.1 Å². The zero-order chi connectivity index (χ0) is 29.2. The highest BCUT2D eigenvalue weighted by atomic mass is 19.1. The van der Waals surface area contributed by atoms with Crippen LogP contribution in [-0.4, -0.2) is 53.3 Å². The molecule has 0 radical (unpaired) electrons. The summed E-state index contributed by atoms with van der Waals surface area (Å²) >= 11 is 0. The number of fused-ring (bicyclic) bond motifs is 1. The van der Waals surface area contributed by atoms with Gasteiger partial charge in [-0.3, -0.25) is 19.7 Å². The molecule has 2 N–H and O–H groups in total. The lowest BCUT2D eigenvalue weighted by atomic mass is 9.96. The summed E-state index contributed by atoms with van der Waals surface area (Å²) in [4.78, 5) is 44.7. The van der Waals surface area contributed by atoms with Gasteiger partial charge in [0.2, 0.25) is 11.8 Å². The van der Waals surface area contributed by atoms with Gasteiger partial charge in [0.15, 0.2) is 11.6 Å². The third-order valence-corrected chi connectivity index (χ3v) is 8.41. The number of aromatic nitrogens is 1. The van der Waals surface area contributed by atoms with Crippen molar-refractivity contribution in [3.63, 3.8) is 0 Å². The molecular weight excluding hydrogens is 535 g/mol. The Balaban J connectivity index is 0.991. The van der Waals surface area contributed by atoms with Crippen LogP contribution in [0.3, 0.4) is 0 Å². The molecule has 6 rings (SSSR count). The Hall–Kier alpha value is -4.62. The van der Waals surface area contributed by atoms with Crippen molar-refractivity contribution in [1.29, 1.82) is 5.26 Å². The lowest BCUT2D eigenvalue weighted by Gasteiger charge is -2.33. The second-order valence-corrected chi connectivity index (χ2v) is 11.2. The number of pyridine rings is 1. The van der Waals surface area contributed by atoms with Gasteiger partial charge >= 0.3 is 0 Å². The van der Waals surface area contributed by atoms with E-state index >= 15 is 4.39 Å². The summed E-state index contributed by atoms with van der Waals surface area (Å²) in [6, 6.07) is 15.8. The first kappa shape index (κ1) is 27.5. The number of nitrogens with one attached hydrogen (secondary N) is 2. The number of anilines is 1. The van der Waals surface area contributed by atoms with Crippen molar-refractivity contribution >= 4 is 23.5 Å². The van der Waals surface area contributed by atoms with Gasteiger partial charge in [0.05, 0.1) is 11.6 Å². The van der Waals surface area contributed by atoms with Gasteiger partial charge in [-0.15, -0.1) is 0 Å². The third-order valence-electron chi connectivity index (χ3n) is 8.41. The maximum atomic E-state index is 15.0. The van der Waals surface area contributed by atoms with E-state index in [1.165, 1.54) is 6.07 Å². The predicted octanol–water partition coefficient (Wildman–Crippen LogP) is 3.53. The standard InChI is InChI=1S/C32H31FN6O3/c33-27-14-24(23-3-1-2-21(12-23)15-34)18-36-30(27)38-10-8-20(9-11-38)16-35-17-22-4-5-26-25(13-22)19-39(32(26)42)28-6-7-29(40)37-31(28)41/h1-5,12-14,18,20,28,35H,6-11,16-17,19H2,(H,37,40,41). The minimum absolute atomic E-state index is 0.167. The van der Waals surface area contributed by atoms with Crippen LogP contribution in [0.15, 0.2) is 54.7 Å². The van der Waals surface area contributed by atoms with Crippen molar-refractivity contribution in [2.24, 2.45) is 5.92 Å². The molecule has 0 bridgehead atoms. The Morgan fingerprint density at radius 1 is 1.05 bits per heavy atom. The molecule has 4 heterocycles. The van der Waals surface area contributed by atoms with Crippen molar-refractivity contribution < 1.29 is 18.8 Å². The summed E-state index contributed by atoms with van der Waals surface area (Å²) in [5.74, 6) is -0.412. The van der Waals surface area contributed by atoms with E-state index in [2.05, 4.69) is 21.7 Å². The molecule has 1 atom stereocenters. The summed E-state index contributed by atoms with van der Waals surface area (Å²) in [6.45, 7) is 3.29. The minimum atomic E-state index is -0.613. The molecule has 0 aliphatic carbocycles. The maximum Gasteiger partial charge on any atom is 0.255 e. The number of halogens is 1. The number of hydrogen-bond donors (Lipinski definition) is 2. The van der Waals surface area contributed by atoms with Gasteiger partial charge in [0.25, 0.3) is 5.91 Å². The average Bonchev–Trinajstić information content (AvgIpc) is 3.32. The zero-order valence-corrected chi connectivity index (χ0v) is 23.1. The molecule has 2 fully saturated rings. The zero-order valence-electron chi connectivity index (χ0n) is 23.1. The Morgan fingerprint density at radius 3 is 2.64 bits per heavy atom. The number of benzene rings is 2. The van der Waals surface area contributed by atoms with E-state index in [9.17, 15) is 14.4 Å². The van der Waals surface area contributed by atoms with Crippen LogP contribution in [0.2, 0.25) is 0 Å². The lowest BCUT2D eigenvalue weighted by Crippen LogP contribution is -2.52. The van der Waals surface area contributed by atoms with Crippen LogP contribution >= 0.6 is 0 Å². The average molecular weight is 567 g/mol. The lowest BCUT2D eigenvalue weighted by molar-refractivity contribution is -0.136.